The normalized spacial score (nSPS) is 10.9. The highest BCUT2D eigenvalue weighted by atomic mass is 32.2. The van der Waals surface area contributed by atoms with Gasteiger partial charge in [0.25, 0.3) is 0 Å². The Morgan fingerprint density at radius 1 is 1.09 bits per heavy atom. The molecule has 5 heteroatoms. The molecule has 23 heavy (non-hydrogen) atoms. The zero-order valence-electron chi connectivity index (χ0n) is 13.5. The highest BCUT2D eigenvalue weighted by molar-refractivity contribution is 8.16. The van der Waals surface area contributed by atoms with Crippen LogP contribution in [0.25, 0.3) is 0 Å². The van der Waals surface area contributed by atoms with E-state index >= 15 is 0 Å². The lowest BCUT2D eigenvalue weighted by molar-refractivity contribution is -0.116. The zero-order valence-corrected chi connectivity index (χ0v) is 14.3. The number of rotatable bonds is 10. The predicted octanol–water partition coefficient (Wildman–Crippen LogP) is 4.69. The van der Waals surface area contributed by atoms with Gasteiger partial charge in [0, 0.05) is 18.2 Å². The molecule has 0 aliphatic rings. The number of carbonyl (C=O) groups is 2. The van der Waals surface area contributed by atoms with Crippen LogP contribution in [0.15, 0.2) is 35.7 Å². The minimum atomic E-state index is -0.379. The molecule has 0 aliphatic heterocycles. The molecule has 1 N–H and O–H groups in total. The summed E-state index contributed by atoms with van der Waals surface area (Å²) < 4.78 is 12.8. The number of benzene rings is 1. The maximum atomic E-state index is 12.8. The number of unbranched alkanes of at least 4 members (excludes halogenated alkanes) is 5. The lowest BCUT2D eigenvalue weighted by atomic mass is 10.1. The molecular formula is C18H24FNO2S. The average Bonchev–Trinajstić information content (AvgIpc) is 2.54. The Morgan fingerprint density at radius 3 is 2.43 bits per heavy atom. The first kappa shape index (κ1) is 19.4. The third-order valence-electron chi connectivity index (χ3n) is 3.30. The van der Waals surface area contributed by atoms with Crippen LogP contribution in [0.2, 0.25) is 0 Å². The fraction of sp³-hybridized carbons (Fsp3) is 0.444. The minimum Gasteiger partial charge on any atom is -0.353 e. The van der Waals surface area contributed by atoms with E-state index < -0.39 is 0 Å². The van der Waals surface area contributed by atoms with Crippen molar-refractivity contribution < 1.29 is 14.0 Å². The van der Waals surface area contributed by atoms with Crippen molar-refractivity contribution in [3.63, 3.8) is 0 Å². The molecule has 3 nitrogen and oxygen atoms in total. The Balaban J connectivity index is 2.15. The molecule has 0 saturated heterocycles. The van der Waals surface area contributed by atoms with Crippen LogP contribution in [-0.4, -0.2) is 17.6 Å². The summed E-state index contributed by atoms with van der Waals surface area (Å²) in [5, 5.41) is 4.04. The molecule has 0 spiro atoms. The molecule has 126 valence electrons. The Kier molecular flexibility index (Phi) is 10.0. The van der Waals surface area contributed by atoms with Crippen molar-refractivity contribution in [3.8, 4) is 0 Å². The first-order valence-electron chi connectivity index (χ1n) is 8.04. The van der Waals surface area contributed by atoms with Crippen molar-refractivity contribution in [3.05, 3.63) is 47.1 Å². The number of halogens is 1. The van der Waals surface area contributed by atoms with Gasteiger partial charge in [-0.15, -0.1) is 0 Å². The van der Waals surface area contributed by atoms with Crippen LogP contribution in [0, 0.1) is 5.82 Å². The fourth-order valence-electron chi connectivity index (χ4n) is 1.99. The highest BCUT2D eigenvalue weighted by Crippen LogP contribution is 2.14. The van der Waals surface area contributed by atoms with E-state index in [1.807, 2.05) is 0 Å². The molecule has 0 saturated carbocycles. The van der Waals surface area contributed by atoms with Crippen molar-refractivity contribution >= 4 is 22.8 Å². The van der Waals surface area contributed by atoms with Crippen molar-refractivity contribution in [2.45, 2.75) is 45.4 Å². The van der Waals surface area contributed by atoms with Crippen LogP contribution in [0.5, 0.6) is 0 Å². The first-order chi connectivity index (χ1) is 11.1. The van der Waals surface area contributed by atoms with Gasteiger partial charge in [-0.25, -0.2) is 4.39 Å². The number of amides is 1. The molecule has 1 aromatic carbocycles. The van der Waals surface area contributed by atoms with E-state index in [9.17, 15) is 14.0 Å². The summed E-state index contributed by atoms with van der Waals surface area (Å²) in [5.74, 6) is -0.575. The van der Waals surface area contributed by atoms with E-state index in [0.717, 1.165) is 24.6 Å². The number of nitrogens with one attached hydrogen (secondary N) is 1. The topological polar surface area (TPSA) is 46.2 Å². The molecular weight excluding hydrogens is 313 g/mol. The second-order valence-corrected chi connectivity index (χ2v) is 6.15. The van der Waals surface area contributed by atoms with Crippen molar-refractivity contribution in [1.29, 1.82) is 0 Å². The van der Waals surface area contributed by atoms with Gasteiger partial charge < -0.3 is 5.32 Å². The van der Waals surface area contributed by atoms with Crippen LogP contribution in [0.4, 0.5) is 4.39 Å². The van der Waals surface area contributed by atoms with Crippen molar-refractivity contribution in [2.24, 2.45) is 0 Å². The van der Waals surface area contributed by atoms with Gasteiger partial charge in [0.2, 0.25) is 11.0 Å². The Morgan fingerprint density at radius 2 is 1.74 bits per heavy atom. The van der Waals surface area contributed by atoms with E-state index in [2.05, 4.69) is 12.2 Å². The standard InChI is InChI=1S/C18H24FNO2S/c1-2-3-4-5-6-7-13-20-17(21)12-14-23-18(22)15-8-10-16(19)11-9-15/h8-12,14H,2-7,13H2,1H3,(H,20,21)/b14-12-. The van der Waals surface area contributed by atoms with Gasteiger partial charge >= 0.3 is 0 Å². The number of carbonyl (C=O) groups excluding carboxylic acids is 2. The van der Waals surface area contributed by atoms with E-state index in [4.69, 9.17) is 0 Å². The van der Waals surface area contributed by atoms with Crippen LogP contribution >= 0.6 is 11.8 Å². The number of thioether (sulfide) groups is 1. The quantitative estimate of drug-likeness (QED) is 0.498. The largest absolute Gasteiger partial charge is 0.353 e. The monoisotopic (exact) mass is 337 g/mol. The summed E-state index contributed by atoms with van der Waals surface area (Å²) in [6.45, 7) is 2.84. The summed E-state index contributed by atoms with van der Waals surface area (Å²) in [7, 11) is 0. The third kappa shape index (κ3) is 9.18. The van der Waals surface area contributed by atoms with E-state index in [-0.39, 0.29) is 16.8 Å². The van der Waals surface area contributed by atoms with Crippen LogP contribution in [-0.2, 0) is 4.79 Å². The van der Waals surface area contributed by atoms with Crippen LogP contribution < -0.4 is 5.32 Å². The van der Waals surface area contributed by atoms with Gasteiger partial charge in [0.15, 0.2) is 0 Å². The van der Waals surface area contributed by atoms with Gasteiger partial charge in [0.05, 0.1) is 0 Å². The molecule has 0 heterocycles. The maximum absolute atomic E-state index is 12.8. The predicted molar refractivity (Wildman–Crippen MR) is 93.8 cm³/mol. The molecule has 1 rings (SSSR count). The molecule has 0 fully saturated rings. The van der Waals surface area contributed by atoms with Gasteiger partial charge in [0.1, 0.15) is 5.82 Å². The Hall–Kier alpha value is -1.62. The average molecular weight is 337 g/mol. The Bertz CT molecular complexity index is 514. The van der Waals surface area contributed by atoms with Gasteiger partial charge in [-0.2, -0.15) is 0 Å². The maximum Gasteiger partial charge on any atom is 0.244 e. The Labute approximate surface area is 141 Å². The zero-order chi connectivity index (χ0) is 16.9. The van der Waals surface area contributed by atoms with Crippen molar-refractivity contribution in [2.75, 3.05) is 6.54 Å². The SMILES string of the molecule is CCCCCCCCNC(=O)/C=C\SC(=O)c1ccc(F)cc1. The highest BCUT2D eigenvalue weighted by Gasteiger charge is 2.04. The fourth-order valence-corrected chi connectivity index (χ4v) is 2.57. The molecule has 0 aromatic heterocycles. The summed E-state index contributed by atoms with van der Waals surface area (Å²) in [4.78, 5) is 23.3. The van der Waals surface area contributed by atoms with Gasteiger partial charge in [-0.1, -0.05) is 50.8 Å². The smallest absolute Gasteiger partial charge is 0.244 e. The number of hydrogen-bond donors (Lipinski definition) is 1. The lowest BCUT2D eigenvalue weighted by Gasteiger charge is -2.02. The molecule has 1 aromatic rings. The second kappa shape index (κ2) is 11.9. The third-order valence-corrected chi connectivity index (χ3v) is 4.03. The molecule has 0 bridgehead atoms. The van der Waals surface area contributed by atoms with Crippen LogP contribution in [0.1, 0.15) is 55.8 Å². The summed E-state index contributed by atoms with van der Waals surface area (Å²) in [6.07, 6.45) is 8.42. The second-order valence-electron chi connectivity index (χ2n) is 5.27. The van der Waals surface area contributed by atoms with E-state index in [1.165, 1.54) is 61.4 Å². The minimum absolute atomic E-state index is 0.196. The van der Waals surface area contributed by atoms with Gasteiger partial charge in [-0.05, 0) is 36.1 Å². The molecule has 0 unspecified atom stereocenters. The summed E-state index contributed by atoms with van der Waals surface area (Å²) in [5.41, 5.74) is 0.411. The molecule has 0 aliphatic carbocycles. The van der Waals surface area contributed by atoms with Crippen LogP contribution in [0.3, 0.4) is 0 Å². The van der Waals surface area contributed by atoms with E-state index in [1.54, 1.807) is 0 Å². The molecule has 0 atom stereocenters. The molecule has 1 amide bonds. The number of hydrogen-bond acceptors (Lipinski definition) is 3. The van der Waals surface area contributed by atoms with Gasteiger partial charge in [-0.3, -0.25) is 9.59 Å². The van der Waals surface area contributed by atoms with Crippen molar-refractivity contribution in [1.82, 2.24) is 5.32 Å². The summed E-state index contributed by atoms with van der Waals surface area (Å²) >= 11 is 0.914. The van der Waals surface area contributed by atoms with E-state index in [0.29, 0.717) is 12.1 Å². The summed E-state index contributed by atoms with van der Waals surface area (Å²) in [6, 6.07) is 5.34. The first-order valence-corrected chi connectivity index (χ1v) is 8.92. The molecule has 0 radical (unpaired) electrons. The lowest BCUT2D eigenvalue weighted by Crippen LogP contribution is -2.21.